The topological polar surface area (TPSA) is 73.0 Å². The molecule has 1 fully saturated rings. The van der Waals surface area contributed by atoms with Gasteiger partial charge in [-0.2, -0.15) is 12.7 Å². The molecule has 1 heterocycles. The molecule has 0 saturated carbocycles. The van der Waals surface area contributed by atoms with Gasteiger partial charge in [0, 0.05) is 32.7 Å². The predicted molar refractivity (Wildman–Crippen MR) is 144 cm³/mol. The summed E-state index contributed by atoms with van der Waals surface area (Å²) < 4.78 is 42.3. The summed E-state index contributed by atoms with van der Waals surface area (Å²) in [6.07, 6.45) is 2.54. The molecule has 0 bridgehead atoms. The smallest absolute Gasteiger partial charge is 0.303 e. The van der Waals surface area contributed by atoms with Gasteiger partial charge in [0.25, 0.3) is 5.91 Å². The van der Waals surface area contributed by atoms with Crippen LogP contribution in [0.2, 0.25) is 0 Å². The number of benzene rings is 3. The summed E-state index contributed by atoms with van der Waals surface area (Å²) in [4.78, 5) is 15.1. The molecule has 0 aliphatic carbocycles. The van der Waals surface area contributed by atoms with Crippen LogP contribution < -0.4 is 9.62 Å². The van der Waals surface area contributed by atoms with Crippen LogP contribution >= 0.6 is 0 Å². The van der Waals surface area contributed by atoms with Crippen LogP contribution in [0, 0.1) is 5.82 Å². The lowest BCUT2D eigenvalue weighted by atomic mass is 10.1. The van der Waals surface area contributed by atoms with Gasteiger partial charge in [-0.1, -0.05) is 48.5 Å². The molecule has 1 N–H and O–H groups in total. The van der Waals surface area contributed by atoms with Gasteiger partial charge in [0.05, 0.1) is 12.2 Å². The molecule has 3 aromatic carbocycles. The zero-order chi connectivity index (χ0) is 26.4. The number of anilines is 1. The lowest BCUT2D eigenvalue weighted by Crippen LogP contribution is -2.40. The average molecular weight is 525 g/mol. The van der Waals surface area contributed by atoms with Gasteiger partial charge in [0.2, 0.25) is 0 Å². The molecule has 1 saturated heterocycles. The maximum atomic E-state index is 14.5. The van der Waals surface area contributed by atoms with Crippen LogP contribution in [0.4, 0.5) is 10.1 Å². The first-order valence-corrected chi connectivity index (χ1v) is 13.8. The van der Waals surface area contributed by atoms with Crippen molar-refractivity contribution in [3.8, 4) is 0 Å². The number of carbonyl (C=O) groups is 1. The Kier molecular flexibility index (Phi) is 8.58. The molecule has 3 aromatic rings. The van der Waals surface area contributed by atoms with Crippen molar-refractivity contribution in [1.29, 1.82) is 0 Å². The van der Waals surface area contributed by atoms with Crippen LogP contribution in [0.3, 0.4) is 0 Å². The first-order chi connectivity index (χ1) is 17.7. The van der Waals surface area contributed by atoms with E-state index in [1.165, 1.54) is 50.7 Å². The van der Waals surface area contributed by atoms with Crippen molar-refractivity contribution >= 4 is 21.8 Å². The lowest BCUT2D eigenvalue weighted by Gasteiger charge is -2.27. The van der Waals surface area contributed by atoms with E-state index in [2.05, 4.69) is 22.3 Å². The molecule has 4 rings (SSSR count). The highest BCUT2D eigenvalue weighted by Crippen LogP contribution is 2.25. The first-order valence-electron chi connectivity index (χ1n) is 12.4. The molecule has 1 aliphatic rings. The monoisotopic (exact) mass is 524 g/mol. The largest absolute Gasteiger partial charge is 0.348 e. The summed E-state index contributed by atoms with van der Waals surface area (Å²) in [6, 6.07) is 20.7. The van der Waals surface area contributed by atoms with Crippen LogP contribution in [0.1, 0.15) is 39.9 Å². The van der Waals surface area contributed by atoms with Gasteiger partial charge in [-0.05, 0) is 66.9 Å². The van der Waals surface area contributed by atoms with E-state index in [-0.39, 0.29) is 18.1 Å². The number of likely N-dealkylation sites (tertiary alicyclic amines) is 1. The van der Waals surface area contributed by atoms with Crippen LogP contribution in [0.25, 0.3) is 0 Å². The van der Waals surface area contributed by atoms with Crippen molar-refractivity contribution in [1.82, 2.24) is 14.5 Å². The molecule has 0 atom stereocenters. The summed E-state index contributed by atoms with van der Waals surface area (Å²) in [5.74, 6) is -0.854. The van der Waals surface area contributed by atoms with Crippen molar-refractivity contribution < 1.29 is 17.6 Å². The van der Waals surface area contributed by atoms with Crippen LogP contribution in [0.15, 0.2) is 72.8 Å². The van der Waals surface area contributed by atoms with Crippen molar-refractivity contribution in [3.63, 3.8) is 0 Å². The van der Waals surface area contributed by atoms with E-state index in [1.54, 1.807) is 30.3 Å². The zero-order valence-corrected chi connectivity index (χ0v) is 22.0. The molecule has 0 radical (unpaired) electrons. The molecule has 0 spiro atoms. The normalized spacial score (nSPS) is 14.2. The van der Waals surface area contributed by atoms with E-state index in [4.69, 9.17) is 0 Å². The third-order valence-corrected chi connectivity index (χ3v) is 8.29. The zero-order valence-electron chi connectivity index (χ0n) is 21.2. The second-order valence-corrected chi connectivity index (χ2v) is 11.5. The van der Waals surface area contributed by atoms with Gasteiger partial charge in [-0.3, -0.25) is 14.0 Å². The maximum absolute atomic E-state index is 14.5. The first kappa shape index (κ1) is 26.8. The Morgan fingerprint density at radius 3 is 2.11 bits per heavy atom. The predicted octanol–water partition coefficient (Wildman–Crippen LogP) is 4.16. The van der Waals surface area contributed by atoms with Gasteiger partial charge < -0.3 is 5.32 Å². The Morgan fingerprint density at radius 1 is 0.892 bits per heavy atom. The Hall–Kier alpha value is -3.27. The minimum atomic E-state index is -3.94. The minimum absolute atomic E-state index is 0.0375. The number of hydrogen-bond donors (Lipinski definition) is 1. The molecule has 7 nitrogen and oxygen atoms in total. The lowest BCUT2D eigenvalue weighted by molar-refractivity contribution is 0.0951. The van der Waals surface area contributed by atoms with Gasteiger partial charge in [0.15, 0.2) is 0 Å². The maximum Gasteiger partial charge on any atom is 0.303 e. The molecule has 196 valence electrons. The number of nitrogens with one attached hydrogen (secondary N) is 1. The highest BCUT2D eigenvalue weighted by molar-refractivity contribution is 7.90. The summed E-state index contributed by atoms with van der Waals surface area (Å²) in [5.41, 5.74) is 3.34. The Morgan fingerprint density at radius 2 is 1.49 bits per heavy atom. The quantitative estimate of drug-likeness (QED) is 0.432. The summed E-state index contributed by atoms with van der Waals surface area (Å²) in [6.45, 7) is 3.61. The third-order valence-electron chi connectivity index (χ3n) is 6.48. The van der Waals surface area contributed by atoms with Gasteiger partial charge in [-0.15, -0.1) is 0 Å². The Balaban J connectivity index is 1.38. The standard InChI is InChI=1S/C28H33FN4O3S/c1-31(2)37(35,36)33(27-8-4-3-7-26(27)29)21-24-13-15-25(16-14-24)28(34)30-19-22-9-11-23(12-10-22)20-32-17-5-6-18-32/h3-4,7-16H,5-6,17-21H2,1-2H3,(H,30,34). The molecular formula is C28H33FN4O3S. The second-order valence-electron chi connectivity index (χ2n) is 9.43. The van der Waals surface area contributed by atoms with Crippen LogP contribution in [-0.2, 0) is 29.8 Å². The third kappa shape index (κ3) is 6.74. The van der Waals surface area contributed by atoms with Crippen LogP contribution in [-0.4, -0.2) is 50.7 Å². The molecule has 1 amide bonds. The number of halogens is 1. The second kappa shape index (κ2) is 11.9. The van der Waals surface area contributed by atoms with E-state index in [0.717, 1.165) is 33.8 Å². The highest BCUT2D eigenvalue weighted by Gasteiger charge is 2.27. The molecular weight excluding hydrogens is 491 g/mol. The number of rotatable bonds is 10. The SMILES string of the molecule is CN(C)S(=O)(=O)N(Cc1ccc(C(=O)NCc2ccc(CN3CCCC3)cc2)cc1)c1ccccc1F. The molecule has 0 unspecified atom stereocenters. The van der Waals surface area contributed by atoms with Crippen molar-refractivity contribution in [2.75, 3.05) is 31.5 Å². The van der Waals surface area contributed by atoms with E-state index in [9.17, 15) is 17.6 Å². The highest BCUT2D eigenvalue weighted by atomic mass is 32.2. The summed E-state index contributed by atoms with van der Waals surface area (Å²) in [7, 11) is -1.14. The minimum Gasteiger partial charge on any atom is -0.348 e. The Labute approximate surface area is 218 Å². The number of carbonyl (C=O) groups excluding carboxylic acids is 1. The summed E-state index contributed by atoms with van der Waals surface area (Å²) in [5, 5.41) is 2.93. The molecule has 37 heavy (non-hydrogen) atoms. The van der Waals surface area contributed by atoms with E-state index >= 15 is 0 Å². The van der Waals surface area contributed by atoms with Crippen molar-refractivity contribution in [2.24, 2.45) is 0 Å². The van der Waals surface area contributed by atoms with E-state index < -0.39 is 16.0 Å². The summed E-state index contributed by atoms with van der Waals surface area (Å²) >= 11 is 0. The fourth-order valence-electron chi connectivity index (χ4n) is 4.32. The Bertz CT molecular complexity index is 1310. The number of amides is 1. The van der Waals surface area contributed by atoms with E-state index in [1.807, 2.05) is 12.1 Å². The van der Waals surface area contributed by atoms with E-state index in [0.29, 0.717) is 17.7 Å². The fourth-order valence-corrected chi connectivity index (χ4v) is 5.42. The molecule has 0 aromatic heterocycles. The fraction of sp³-hybridized carbons (Fsp3) is 0.321. The van der Waals surface area contributed by atoms with Crippen molar-refractivity contribution in [2.45, 2.75) is 32.5 Å². The van der Waals surface area contributed by atoms with Gasteiger partial charge in [0.1, 0.15) is 5.82 Å². The number of hydrogen-bond acceptors (Lipinski definition) is 4. The van der Waals surface area contributed by atoms with Gasteiger partial charge >= 0.3 is 10.2 Å². The molecule has 9 heteroatoms. The van der Waals surface area contributed by atoms with Crippen molar-refractivity contribution in [3.05, 3.63) is 101 Å². The van der Waals surface area contributed by atoms with Crippen LogP contribution in [0.5, 0.6) is 0 Å². The number of nitrogens with zero attached hydrogens (tertiary/aromatic N) is 3. The average Bonchev–Trinajstić information content (AvgIpc) is 3.40. The molecule has 1 aliphatic heterocycles. The number of para-hydroxylation sites is 1. The van der Waals surface area contributed by atoms with Gasteiger partial charge in [-0.25, -0.2) is 4.39 Å².